The quantitative estimate of drug-likeness (QED) is 0.0765. The first-order chi connectivity index (χ1) is 36.4. The predicted octanol–water partition coefficient (Wildman–Crippen LogP) is -1.15. The van der Waals surface area contributed by atoms with Crippen molar-refractivity contribution in [3.8, 4) is 0 Å². The zero-order valence-corrected chi connectivity index (χ0v) is 46.9. The topological polar surface area (TPSA) is 368 Å². The van der Waals surface area contributed by atoms with Crippen molar-refractivity contribution >= 4 is 0 Å². The summed E-state index contributed by atoms with van der Waals surface area (Å²) in [6.07, 6.45) is -22.2. The van der Waals surface area contributed by atoms with Gasteiger partial charge in [0.15, 0.2) is 18.9 Å². The highest BCUT2D eigenvalue weighted by atomic mass is 16.8. The summed E-state index contributed by atoms with van der Waals surface area (Å²) >= 11 is 0. The van der Waals surface area contributed by atoms with E-state index >= 15 is 0 Å². The van der Waals surface area contributed by atoms with Crippen LogP contribution in [0.3, 0.4) is 0 Å². The van der Waals surface area contributed by atoms with Gasteiger partial charge in [0.2, 0.25) is 0 Å². The molecule has 0 radical (unpaired) electrons. The summed E-state index contributed by atoms with van der Waals surface area (Å²) < 4.78 is 42.9. The standard InChI is InChI=1S/C56H96O22/c1-10-29-38(61)43(66)47(70)50(73-29)78-48-45(68)40(63)31(22-58)74-51(48)77-36(53(5,6)71)15-11-24(2)26-17-18-54(7)33-14-12-27-28(56(33,9)34(59)20-55(26,54)8)13-16-35(52(27,3)4)76-49-46(69)44(67)41(64)32(75-49)23-72-30-19-25(21-57)37(60)42(65)39(30)62/h12,24-26,28-51,57-71H,10-11,13-23H2,1-9H3/t24-,25-,26?,28?,29+,30-,31-,32-,33?,34-,35+,36-,37-,38+,39+,40-,41-,42+,43-,44+,45+,46-,47+,48-,49+,50-,51+,54+,55-,56+/m1/s1. The van der Waals surface area contributed by atoms with Crippen LogP contribution >= 0.6 is 0 Å². The van der Waals surface area contributed by atoms with Crippen LogP contribution in [-0.2, 0) is 33.2 Å². The van der Waals surface area contributed by atoms with Crippen LogP contribution in [0.5, 0.6) is 0 Å². The molecule has 30 atom stereocenters. The summed E-state index contributed by atoms with van der Waals surface area (Å²) in [4.78, 5) is 0. The summed E-state index contributed by atoms with van der Waals surface area (Å²) in [6, 6.07) is 0. The number of aliphatic hydroxyl groups excluding tert-OH is 14. The minimum atomic E-state index is -1.74. The van der Waals surface area contributed by atoms with E-state index in [1.54, 1.807) is 20.8 Å². The Morgan fingerprint density at radius 1 is 0.654 bits per heavy atom. The molecule has 4 saturated carbocycles. The highest BCUT2D eigenvalue weighted by molar-refractivity contribution is 5.32. The summed E-state index contributed by atoms with van der Waals surface area (Å²) in [5, 5.41) is 163. The molecule has 0 spiro atoms. The average molecular weight is 1120 g/mol. The van der Waals surface area contributed by atoms with Crippen LogP contribution in [0.25, 0.3) is 0 Å². The molecule has 0 bridgehead atoms. The molecule has 8 rings (SSSR count). The fourth-order valence-electron chi connectivity index (χ4n) is 16.3. The molecule has 0 aromatic rings. The lowest BCUT2D eigenvalue weighted by Crippen LogP contribution is -2.65. The minimum absolute atomic E-state index is 0.00881. The van der Waals surface area contributed by atoms with Crippen LogP contribution in [0, 0.1) is 51.2 Å². The van der Waals surface area contributed by atoms with Crippen molar-refractivity contribution < 1.29 is 110 Å². The summed E-state index contributed by atoms with van der Waals surface area (Å²) in [5.41, 5.74) is -1.95. The Morgan fingerprint density at radius 3 is 1.86 bits per heavy atom. The van der Waals surface area contributed by atoms with Gasteiger partial charge in [0.1, 0.15) is 79.4 Å². The average Bonchev–Trinajstić information content (AvgIpc) is 3.84. The van der Waals surface area contributed by atoms with Crippen LogP contribution in [0.15, 0.2) is 11.6 Å². The third kappa shape index (κ3) is 11.0. The summed E-state index contributed by atoms with van der Waals surface area (Å²) in [6.45, 7) is 16.7. The highest BCUT2D eigenvalue weighted by Crippen LogP contribution is 2.75. The van der Waals surface area contributed by atoms with Gasteiger partial charge in [-0.1, -0.05) is 60.1 Å². The maximum absolute atomic E-state index is 12.7. The number of fused-ring (bicyclic) bond motifs is 5. The van der Waals surface area contributed by atoms with E-state index < -0.39 is 170 Å². The van der Waals surface area contributed by atoms with Crippen LogP contribution in [0.1, 0.15) is 127 Å². The van der Waals surface area contributed by atoms with Gasteiger partial charge in [-0.15, -0.1) is 0 Å². The molecule has 3 unspecified atom stereocenters. The van der Waals surface area contributed by atoms with Gasteiger partial charge in [-0.05, 0) is 113 Å². The summed E-state index contributed by atoms with van der Waals surface area (Å²) in [5.74, 6) is -0.419. The maximum Gasteiger partial charge on any atom is 0.187 e. The maximum atomic E-state index is 12.7. The Bertz CT molecular complexity index is 2020. The fourth-order valence-corrected chi connectivity index (χ4v) is 16.3. The molecule has 0 amide bonds. The summed E-state index contributed by atoms with van der Waals surface area (Å²) in [7, 11) is 0. The van der Waals surface area contributed by atoms with Gasteiger partial charge < -0.3 is 110 Å². The molecule has 78 heavy (non-hydrogen) atoms. The van der Waals surface area contributed by atoms with E-state index in [2.05, 4.69) is 47.6 Å². The number of rotatable bonds is 17. The van der Waals surface area contributed by atoms with Gasteiger partial charge in [0.25, 0.3) is 0 Å². The SMILES string of the molecule is CC[C@@H]1O[C@H](O[C@H]2[C@H](O[C@H](CC[C@@H](C)C3CC[C@@]4(C)C5CC=C6C(CC[C@H](O[C@@H]7O[C@H](CO[C@@H]8C[C@H](CO)[C@@H](O)[C@H](O)[C@H]8O)[C@@H](O)[C@H](O)[C@H]7O)C6(C)C)[C@]5(C)[C@H](O)C[C@]34C)C(C)(C)O)O[C@H](CO)[C@@H](O)[C@@H]2O)[C@@H](O)[C@H](O)[C@H]1O. The van der Waals surface area contributed by atoms with Crippen molar-refractivity contribution in [3.05, 3.63) is 11.6 Å². The Kier molecular flexibility index (Phi) is 19.1. The van der Waals surface area contributed by atoms with E-state index in [0.717, 1.165) is 18.4 Å². The lowest BCUT2D eigenvalue weighted by molar-refractivity contribution is -0.374. The van der Waals surface area contributed by atoms with E-state index in [-0.39, 0.29) is 54.0 Å². The van der Waals surface area contributed by atoms with Crippen molar-refractivity contribution in [2.45, 2.75) is 267 Å². The smallest absolute Gasteiger partial charge is 0.187 e. The van der Waals surface area contributed by atoms with Crippen molar-refractivity contribution in [1.29, 1.82) is 0 Å². The lowest BCUT2D eigenvalue weighted by atomic mass is 9.38. The number of allylic oxidation sites excluding steroid dienone is 1. The first-order valence-corrected chi connectivity index (χ1v) is 28.8. The molecule has 8 aliphatic rings. The van der Waals surface area contributed by atoms with E-state index in [1.807, 2.05) is 0 Å². The van der Waals surface area contributed by atoms with Crippen molar-refractivity contribution in [2.75, 3.05) is 19.8 Å². The number of ether oxygens (including phenoxy) is 7. The van der Waals surface area contributed by atoms with Gasteiger partial charge in [-0.25, -0.2) is 0 Å². The molecule has 452 valence electrons. The molecule has 3 aliphatic heterocycles. The van der Waals surface area contributed by atoms with Gasteiger partial charge in [0.05, 0.1) is 55.4 Å². The third-order valence-corrected chi connectivity index (χ3v) is 21.5. The van der Waals surface area contributed by atoms with E-state index in [0.29, 0.717) is 38.5 Å². The lowest BCUT2D eigenvalue weighted by Gasteiger charge is -2.67. The zero-order chi connectivity index (χ0) is 57.5. The minimum Gasteiger partial charge on any atom is -0.396 e. The molecule has 0 aromatic heterocycles. The Balaban J connectivity index is 0.940. The largest absolute Gasteiger partial charge is 0.396 e. The number of hydrogen-bond acceptors (Lipinski definition) is 22. The number of aliphatic hydroxyl groups is 15. The van der Waals surface area contributed by atoms with Gasteiger partial charge in [-0.2, -0.15) is 0 Å². The first kappa shape index (κ1) is 62.9. The van der Waals surface area contributed by atoms with Gasteiger partial charge in [0, 0.05) is 23.4 Å². The Morgan fingerprint density at radius 2 is 1.24 bits per heavy atom. The first-order valence-electron chi connectivity index (χ1n) is 28.8. The normalized spacial score (nSPS) is 51.4. The van der Waals surface area contributed by atoms with E-state index in [1.165, 1.54) is 0 Å². The zero-order valence-electron chi connectivity index (χ0n) is 46.9. The molecule has 0 aromatic carbocycles. The second-order valence-electron chi connectivity index (χ2n) is 26.6. The van der Waals surface area contributed by atoms with E-state index in [9.17, 15) is 76.6 Å². The molecule has 22 heteroatoms. The molecular weight excluding hydrogens is 1020 g/mol. The fraction of sp³-hybridized carbons (Fsp3) is 0.964. The molecule has 5 aliphatic carbocycles. The molecule has 22 nitrogen and oxygen atoms in total. The number of hydrogen-bond donors (Lipinski definition) is 15. The highest BCUT2D eigenvalue weighted by Gasteiger charge is 2.70. The van der Waals surface area contributed by atoms with Crippen molar-refractivity contribution in [2.24, 2.45) is 51.2 Å². The van der Waals surface area contributed by atoms with Crippen LogP contribution in [0.4, 0.5) is 0 Å². The third-order valence-electron chi connectivity index (χ3n) is 21.5. The van der Waals surface area contributed by atoms with Crippen LogP contribution in [-0.4, -0.2) is 237 Å². The second-order valence-corrected chi connectivity index (χ2v) is 26.6. The monoisotopic (exact) mass is 1120 g/mol. The van der Waals surface area contributed by atoms with Crippen LogP contribution < -0.4 is 0 Å². The van der Waals surface area contributed by atoms with Crippen molar-refractivity contribution in [1.82, 2.24) is 0 Å². The molecular formula is C56H96O22. The van der Waals surface area contributed by atoms with E-state index in [4.69, 9.17) is 33.2 Å². The molecule has 3 saturated heterocycles. The van der Waals surface area contributed by atoms with Gasteiger partial charge in [-0.3, -0.25) is 0 Å². The Labute approximate surface area is 458 Å². The molecule has 7 fully saturated rings. The van der Waals surface area contributed by atoms with Gasteiger partial charge >= 0.3 is 0 Å². The molecule has 3 heterocycles. The second kappa shape index (κ2) is 23.7. The molecule has 15 N–H and O–H groups in total. The van der Waals surface area contributed by atoms with Crippen LogP contribution in [0.2, 0.25) is 0 Å². The Hall–Kier alpha value is -1.14. The van der Waals surface area contributed by atoms with Crippen molar-refractivity contribution in [3.63, 3.8) is 0 Å². The predicted molar refractivity (Wildman–Crippen MR) is 274 cm³/mol.